The number of benzene rings is 1. The highest BCUT2D eigenvalue weighted by molar-refractivity contribution is 5.93. The lowest BCUT2D eigenvalue weighted by atomic mass is 10.0. The topological polar surface area (TPSA) is 83.6 Å². The predicted molar refractivity (Wildman–Crippen MR) is 80.0 cm³/mol. The number of likely N-dealkylation sites (tertiary alicyclic amines) is 1. The van der Waals surface area contributed by atoms with Crippen molar-refractivity contribution in [2.24, 2.45) is 5.73 Å². The summed E-state index contributed by atoms with van der Waals surface area (Å²) in [5, 5.41) is 9.40. The van der Waals surface area contributed by atoms with Gasteiger partial charge in [0.05, 0.1) is 0 Å². The number of aryl methyl sites for hydroxylation is 1. The molecule has 1 aromatic carbocycles. The molecule has 5 heteroatoms. The molecule has 1 unspecified atom stereocenters. The number of primary amides is 1. The fourth-order valence-corrected chi connectivity index (χ4v) is 2.88. The number of hydrogen-bond donors (Lipinski definition) is 2. The van der Waals surface area contributed by atoms with Gasteiger partial charge in [-0.05, 0) is 49.6 Å². The lowest BCUT2D eigenvalue weighted by molar-refractivity contribution is -0.143. The van der Waals surface area contributed by atoms with Gasteiger partial charge in [-0.25, -0.2) is 0 Å². The van der Waals surface area contributed by atoms with E-state index in [1.807, 2.05) is 17.9 Å². The summed E-state index contributed by atoms with van der Waals surface area (Å²) in [6, 6.07) is 4.94. The predicted octanol–water partition coefficient (Wildman–Crippen LogP) is 1.92. The quantitative estimate of drug-likeness (QED) is 0.887. The Kier molecular flexibility index (Phi) is 4.96. The van der Waals surface area contributed by atoms with Crippen LogP contribution in [0.5, 0.6) is 0 Å². The summed E-state index contributed by atoms with van der Waals surface area (Å²) in [6.45, 7) is 3.32. The second-order valence-corrected chi connectivity index (χ2v) is 5.68. The van der Waals surface area contributed by atoms with Crippen molar-refractivity contribution < 1.29 is 14.7 Å². The Balaban J connectivity index is 2.18. The third kappa shape index (κ3) is 3.82. The fourth-order valence-electron chi connectivity index (χ4n) is 2.88. The Bertz CT molecular complexity index is 542. The number of rotatable bonds is 4. The summed E-state index contributed by atoms with van der Waals surface area (Å²) in [4.78, 5) is 24.6. The Hall–Kier alpha value is -1.88. The fraction of sp³-hybridized carbons (Fsp3) is 0.500. The maximum absolute atomic E-state index is 11.4. The van der Waals surface area contributed by atoms with Crippen molar-refractivity contribution in [1.82, 2.24) is 4.90 Å². The zero-order valence-corrected chi connectivity index (χ0v) is 12.3. The molecule has 114 valence electrons. The van der Waals surface area contributed by atoms with Crippen LogP contribution >= 0.6 is 0 Å². The first kappa shape index (κ1) is 15.5. The maximum Gasteiger partial charge on any atom is 0.320 e. The molecule has 1 heterocycles. The molecule has 1 aromatic rings. The molecule has 1 fully saturated rings. The standard InChI is InChI=1S/C16H22N2O3/c1-11-9-12(15(17)19)6-7-13(11)10-18-8-4-2-3-5-14(18)16(20)21/h6-7,9,14H,2-5,8,10H2,1H3,(H2,17,19)(H,20,21). The minimum atomic E-state index is -0.747. The van der Waals surface area contributed by atoms with E-state index in [2.05, 4.69) is 0 Å². The summed E-state index contributed by atoms with van der Waals surface area (Å²) in [6.07, 6.45) is 3.78. The zero-order valence-electron chi connectivity index (χ0n) is 12.3. The lowest BCUT2D eigenvalue weighted by Gasteiger charge is -2.27. The van der Waals surface area contributed by atoms with Crippen LogP contribution in [0.1, 0.15) is 47.2 Å². The number of carbonyl (C=O) groups is 2. The normalized spacial score (nSPS) is 20.0. The van der Waals surface area contributed by atoms with Gasteiger partial charge in [0.15, 0.2) is 0 Å². The van der Waals surface area contributed by atoms with Crippen molar-refractivity contribution in [3.05, 3.63) is 34.9 Å². The number of carboxylic acid groups (broad SMARTS) is 1. The van der Waals surface area contributed by atoms with Gasteiger partial charge in [-0.1, -0.05) is 18.9 Å². The second kappa shape index (κ2) is 6.72. The van der Waals surface area contributed by atoms with Gasteiger partial charge in [0.1, 0.15) is 6.04 Å². The molecule has 1 amide bonds. The van der Waals surface area contributed by atoms with Crippen molar-refractivity contribution >= 4 is 11.9 Å². The highest BCUT2D eigenvalue weighted by Gasteiger charge is 2.27. The third-order valence-electron chi connectivity index (χ3n) is 4.15. The number of hydrogen-bond acceptors (Lipinski definition) is 3. The first-order valence-electron chi connectivity index (χ1n) is 7.35. The molecule has 2 rings (SSSR count). The minimum Gasteiger partial charge on any atom is -0.480 e. The van der Waals surface area contributed by atoms with E-state index < -0.39 is 17.9 Å². The van der Waals surface area contributed by atoms with Gasteiger partial charge in [0, 0.05) is 12.1 Å². The van der Waals surface area contributed by atoms with Gasteiger partial charge in [-0.3, -0.25) is 14.5 Å². The van der Waals surface area contributed by atoms with Gasteiger partial charge in [0.25, 0.3) is 0 Å². The molecule has 3 N–H and O–H groups in total. The van der Waals surface area contributed by atoms with Gasteiger partial charge in [-0.15, -0.1) is 0 Å². The van der Waals surface area contributed by atoms with Gasteiger partial charge >= 0.3 is 5.97 Å². The first-order valence-corrected chi connectivity index (χ1v) is 7.35. The number of nitrogens with two attached hydrogens (primary N) is 1. The molecule has 1 saturated heterocycles. The van der Waals surface area contributed by atoms with E-state index in [1.54, 1.807) is 12.1 Å². The van der Waals surface area contributed by atoms with E-state index in [-0.39, 0.29) is 0 Å². The Morgan fingerprint density at radius 1 is 1.33 bits per heavy atom. The largest absolute Gasteiger partial charge is 0.480 e. The molecule has 5 nitrogen and oxygen atoms in total. The van der Waals surface area contributed by atoms with E-state index in [0.717, 1.165) is 36.9 Å². The number of carbonyl (C=O) groups excluding carboxylic acids is 1. The number of nitrogens with zero attached hydrogens (tertiary/aromatic N) is 1. The molecule has 0 bridgehead atoms. The van der Waals surface area contributed by atoms with Crippen molar-refractivity contribution in [3.63, 3.8) is 0 Å². The summed E-state index contributed by atoms with van der Waals surface area (Å²) in [5.74, 6) is -1.19. The smallest absolute Gasteiger partial charge is 0.320 e. The molecule has 21 heavy (non-hydrogen) atoms. The van der Waals surface area contributed by atoms with Crippen LogP contribution in [0.4, 0.5) is 0 Å². The van der Waals surface area contributed by atoms with Crippen molar-refractivity contribution in [1.29, 1.82) is 0 Å². The van der Waals surface area contributed by atoms with Crippen LogP contribution in [-0.2, 0) is 11.3 Å². The van der Waals surface area contributed by atoms with Crippen LogP contribution in [0.25, 0.3) is 0 Å². The summed E-state index contributed by atoms with van der Waals surface area (Å²) in [5.41, 5.74) is 7.78. The maximum atomic E-state index is 11.4. The molecule has 0 saturated carbocycles. The van der Waals surface area contributed by atoms with E-state index in [0.29, 0.717) is 18.5 Å². The van der Waals surface area contributed by atoms with Crippen LogP contribution in [0.2, 0.25) is 0 Å². The third-order valence-corrected chi connectivity index (χ3v) is 4.15. The summed E-state index contributed by atoms with van der Waals surface area (Å²) in [7, 11) is 0. The SMILES string of the molecule is Cc1cc(C(N)=O)ccc1CN1CCCCCC1C(=O)O. The van der Waals surface area contributed by atoms with Crippen molar-refractivity contribution in [3.8, 4) is 0 Å². The molecule has 0 aromatic heterocycles. The lowest BCUT2D eigenvalue weighted by Crippen LogP contribution is -2.40. The molecule has 1 aliphatic heterocycles. The van der Waals surface area contributed by atoms with E-state index >= 15 is 0 Å². The highest BCUT2D eigenvalue weighted by Crippen LogP contribution is 2.21. The number of amides is 1. The Labute approximate surface area is 124 Å². The van der Waals surface area contributed by atoms with Crippen LogP contribution in [0.3, 0.4) is 0 Å². The monoisotopic (exact) mass is 290 g/mol. The molecular weight excluding hydrogens is 268 g/mol. The van der Waals surface area contributed by atoms with Crippen LogP contribution in [0.15, 0.2) is 18.2 Å². The first-order chi connectivity index (χ1) is 9.99. The average Bonchev–Trinajstić information content (AvgIpc) is 2.66. The van der Waals surface area contributed by atoms with Crippen molar-refractivity contribution in [2.75, 3.05) is 6.54 Å². The molecule has 1 aliphatic rings. The van der Waals surface area contributed by atoms with Crippen LogP contribution < -0.4 is 5.73 Å². The Morgan fingerprint density at radius 3 is 2.71 bits per heavy atom. The Morgan fingerprint density at radius 2 is 2.10 bits per heavy atom. The summed E-state index contributed by atoms with van der Waals surface area (Å²) >= 11 is 0. The minimum absolute atomic E-state index is 0.414. The van der Waals surface area contributed by atoms with Crippen LogP contribution in [0, 0.1) is 6.92 Å². The molecule has 0 radical (unpaired) electrons. The molecular formula is C16H22N2O3. The van der Waals surface area contributed by atoms with E-state index in [1.165, 1.54) is 0 Å². The number of carboxylic acids is 1. The molecule has 0 aliphatic carbocycles. The summed E-state index contributed by atoms with van der Waals surface area (Å²) < 4.78 is 0. The van der Waals surface area contributed by atoms with E-state index in [9.17, 15) is 14.7 Å². The molecule has 0 spiro atoms. The van der Waals surface area contributed by atoms with Gasteiger partial charge < -0.3 is 10.8 Å². The zero-order chi connectivity index (χ0) is 15.4. The number of aliphatic carboxylic acids is 1. The molecule has 1 atom stereocenters. The van der Waals surface area contributed by atoms with E-state index in [4.69, 9.17) is 5.73 Å². The average molecular weight is 290 g/mol. The second-order valence-electron chi connectivity index (χ2n) is 5.68. The van der Waals surface area contributed by atoms with Crippen molar-refractivity contribution in [2.45, 2.75) is 45.2 Å². The van der Waals surface area contributed by atoms with Gasteiger partial charge in [-0.2, -0.15) is 0 Å². The highest BCUT2D eigenvalue weighted by atomic mass is 16.4. The van der Waals surface area contributed by atoms with Crippen LogP contribution in [-0.4, -0.2) is 34.5 Å². The van der Waals surface area contributed by atoms with Gasteiger partial charge in [0.2, 0.25) is 5.91 Å².